The minimum absolute atomic E-state index is 0.494. The summed E-state index contributed by atoms with van der Waals surface area (Å²) in [6.07, 6.45) is 4.92. The Bertz CT molecular complexity index is 297. The van der Waals surface area contributed by atoms with Gasteiger partial charge in [-0.05, 0) is 19.3 Å². The van der Waals surface area contributed by atoms with Gasteiger partial charge in [0.2, 0.25) is 0 Å². The average molecular weight is 222 g/mol. The van der Waals surface area contributed by atoms with Gasteiger partial charge in [-0.1, -0.05) is 20.8 Å². The number of anilines is 2. The minimum atomic E-state index is 0.494. The van der Waals surface area contributed by atoms with Gasteiger partial charge < -0.3 is 10.6 Å². The lowest BCUT2D eigenvalue weighted by molar-refractivity contribution is 0.668. The van der Waals surface area contributed by atoms with Crippen LogP contribution < -0.4 is 10.6 Å². The number of aromatic nitrogens is 2. The van der Waals surface area contributed by atoms with Gasteiger partial charge in [0, 0.05) is 18.7 Å². The van der Waals surface area contributed by atoms with Crippen LogP contribution in [0.25, 0.3) is 0 Å². The fraction of sp³-hybridized carbons (Fsp3) is 0.667. The number of nitrogens with zero attached hydrogens (tertiary/aromatic N) is 2. The van der Waals surface area contributed by atoms with Gasteiger partial charge >= 0.3 is 0 Å². The maximum Gasteiger partial charge on any atom is 0.131 e. The van der Waals surface area contributed by atoms with Crippen molar-refractivity contribution >= 4 is 11.6 Å². The summed E-state index contributed by atoms with van der Waals surface area (Å²) in [5.74, 6) is 1.80. The van der Waals surface area contributed by atoms with Crippen LogP contribution in [0.15, 0.2) is 12.4 Å². The van der Waals surface area contributed by atoms with Gasteiger partial charge in [0.25, 0.3) is 0 Å². The van der Waals surface area contributed by atoms with Crippen molar-refractivity contribution in [2.45, 2.75) is 46.1 Å². The van der Waals surface area contributed by atoms with Gasteiger partial charge in [-0.25, -0.2) is 9.97 Å². The smallest absolute Gasteiger partial charge is 0.131 e. The molecule has 1 aromatic rings. The van der Waals surface area contributed by atoms with Gasteiger partial charge in [-0.2, -0.15) is 0 Å². The molecule has 0 bridgehead atoms. The normalized spacial score (nSPS) is 10.5. The molecule has 0 radical (unpaired) electrons. The van der Waals surface area contributed by atoms with E-state index in [1.165, 1.54) is 0 Å². The molecule has 0 fully saturated rings. The average Bonchev–Trinajstić information content (AvgIpc) is 2.34. The SMILES string of the molecule is CCCNc1cc(NC(CC)CC)ncn1. The van der Waals surface area contributed by atoms with Gasteiger partial charge in [-0.3, -0.25) is 0 Å². The summed E-state index contributed by atoms with van der Waals surface area (Å²) in [5.41, 5.74) is 0. The zero-order valence-electron chi connectivity index (χ0n) is 10.5. The molecule has 0 aliphatic rings. The summed E-state index contributed by atoms with van der Waals surface area (Å²) >= 11 is 0. The molecule has 1 rings (SSSR count). The maximum absolute atomic E-state index is 4.22. The predicted molar refractivity (Wildman–Crippen MR) is 68.8 cm³/mol. The second kappa shape index (κ2) is 7.04. The molecule has 0 aliphatic carbocycles. The second-order valence-corrected chi connectivity index (χ2v) is 3.87. The van der Waals surface area contributed by atoms with Crippen molar-refractivity contribution in [3.8, 4) is 0 Å². The summed E-state index contributed by atoms with van der Waals surface area (Å²) in [6, 6.07) is 2.46. The van der Waals surface area contributed by atoms with Crippen molar-refractivity contribution in [2.24, 2.45) is 0 Å². The van der Waals surface area contributed by atoms with Gasteiger partial charge in [0.1, 0.15) is 18.0 Å². The largest absolute Gasteiger partial charge is 0.370 e. The fourth-order valence-electron chi connectivity index (χ4n) is 1.49. The summed E-state index contributed by atoms with van der Waals surface area (Å²) in [4.78, 5) is 8.39. The molecule has 16 heavy (non-hydrogen) atoms. The van der Waals surface area contributed by atoms with E-state index in [0.717, 1.165) is 37.4 Å². The topological polar surface area (TPSA) is 49.8 Å². The van der Waals surface area contributed by atoms with E-state index in [0.29, 0.717) is 6.04 Å². The van der Waals surface area contributed by atoms with E-state index in [1.54, 1.807) is 6.33 Å². The molecule has 0 unspecified atom stereocenters. The molecule has 0 saturated carbocycles. The zero-order chi connectivity index (χ0) is 11.8. The van der Waals surface area contributed by atoms with Crippen LogP contribution in [0.4, 0.5) is 11.6 Å². The molecule has 0 spiro atoms. The predicted octanol–water partition coefficient (Wildman–Crippen LogP) is 2.90. The molecule has 0 aliphatic heterocycles. The van der Waals surface area contributed by atoms with Gasteiger partial charge in [0.15, 0.2) is 0 Å². The molecule has 2 N–H and O–H groups in total. The third-order valence-corrected chi connectivity index (χ3v) is 2.56. The molecule has 4 nitrogen and oxygen atoms in total. The molecule has 0 aromatic carbocycles. The number of hydrogen-bond donors (Lipinski definition) is 2. The van der Waals surface area contributed by atoms with Crippen LogP contribution in [0.5, 0.6) is 0 Å². The number of rotatable bonds is 7. The number of nitrogens with one attached hydrogen (secondary N) is 2. The third kappa shape index (κ3) is 4.04. The van der Waals surface area contributed by atoms with Gasteiger partial charge in [-0.15, -0.1) is 0 Å². The Balaban J connectivity index is 2.59. The minimum Gasteiger partial charge on any atom is -0.370 e. The molecule has 4 heteroatoms. The van der Waals surface area contributed by atoms with E-state index in [4.69, 9.17) is 0 Å². The Morgan fingerprint density at radius 1 is 1.12 bits per heavy atom. The lowest BCUT2D eigenvalue weighted by atomic mass is 10.2. The molecule has 1 aromatic heterocycles. The summed E-state index contributed by atoms with van der Waals surface area (Å²) < 4.78 is 0. The first-order chi connectivity index (χ1) is 7.80. The van der Waals surface area contributed by atoms with Crippen LogP contribution in [0.3, 0.4) is 0 Å². The van der Waals surface area contributed by atoms with Crippen LogP contribution in [0.1, 0.15) is 40.0 Å². The highest BCUT2D eigenvalue weighted by molar-refractivity contribution is 5.46. The molecule has 0 saturated heterocycles. The Labute approximate surface area is 97.9 Å². The second-order valence-electron chi connectivity index (χ2n) is 3.87. The van der Waals surface area contributed by atoms with E-state index >= 15 is 0 Å². The van der Waals surface area contributed by atoms with Crippen LogP contribution >= 0.6 is 0 Å². The standard InChI is InChI=1S/C12H22N4/c1-4-7-13-11-8-12(15-9-14-11)16-10(5-2)6-3/h8-10H,4-7H2,1-3H3,(H2,13,14,15,16). The molecule has 1 heterocycles. The fourth-order valence-corrected chi connectivity index (χ4v) is 1.49. The molecular weight excluding hydrogens is 200 g/mol. The van der Waals surface area contributed by atoms with E-state index in [9.17, 15) is 0 Å². The van der Waals surface area contributed by atoms with Gasteiger partial charge in [0.05, 0.1) is 0 Å². The number of hydrogen-bond acceptors (Lipinski definition) is 4. The molecule has 0 atom stereocenters. The van der Waals surface area contributed by atoms with Crippen molar-refractivity contribution in [2.75, 3.05) is 17.2 Å². The highest BCUT2D eigenvalue weighted by Gasteiger charge is 2.04. The summed E-state index contributed by atoms with van der Waals surface area (Å²) in [7, 11) is 0. The van der Waals surface area contributed by atoms with Crippen LogP contribution in [0, 0.1) is 0 Å². The summed E-state index contributed by atoms with van der Waals surface area (Å²) in [6.45, 7) is 7.44. The van der Waals surface area contributed by atoms with Crippen molar-refractivity contribution < 1.29 is 0 Å². The van der Waals surface area contributed by atoms with E-state index in [1.807, 2.05) is 6.07 Å². The van der Waals surface area contributed by atoms with E-state index < -0.39 is 0 Å². The first kappa shape index (κ1) is 12.7. The van der Waals surface area contributed by atoms with E-state index in [2.05, 4.69) is 41.4 Å². The van der Waals surface area contributed by atoms with Crippen molar-refractivity contribution in [1.82, 2.24) is 9.97 Å². The summed E-state index contributed by atoms with van der Waals surface area (Å²) in [5, 5.41) is 6.66. The highest BCUT2D eigenvalue weighted by Crippen LogP contribution is 2.12. The van der Waals surface area contributed by atoms with E-state index in [-0.39, 0.29) is 0 Å². The quantitative estimate of drug-likeness (QED) is 0.744. The first-order valence-corrected chi connectivity index (χ1v) is 6.12. The Morgan fingerprint density at radius 2 is 1.81 bits per heavy atom. The Kier molecular flexibility index (Phi) is 5.61. The van der Waals surface area contributed by atoms with Crippen molar-refractivity contribution in [3.05, 3.63) is 12.4 Å². The Hall–Kier alpha value is -1.32. The molecule has 90 valence electrons. The molecule has 0 amide bonds. The highest BCUT2D eigenvalue weighted by atomic mass is 15.1. The lowest BCUT2D eigenvalue weighted by Gasteiger charge is -2.15. The van der Waals surface area contributed by atoms with Crippen molar-refractivity contribution in [1.29, 1.82) is 0 Å². The molecular formula is C12H22N4. The Morgan fingerprint density at radius 3 is 2.44 bits per heavy atom. The van der Waals surface area contributed by atoms with Crippen molar-refractivity contribution in [3.63, 3.8) is 0 Å². The maximum atomic E-state index is 4.22. The van der Waals surface area contributed by atoms with Crippen LogP contribution in [-0.4, -0.2) is 22.6 Å². The van der Waals surface area contributed by atoms with Crippen LogP contribution in [-0.2, 0) is 0 Å². The monoisotopic (exact) mass is 222 g/mol. The first-order valence-electron chi connectivity index (χ1n) is 6.12. The lowest BCUT2D eigenvalue weighted by Crippen LogP contribution is -2.18. The van der Waals surface area contributed by atoms with Crippen LogP contribution in [0.2, 0.25) is 0 Å². The zero-order valence-corrected chi connectivity index (χ0v) is 10.5. The third-order valence-electron chi connectivity index (χ3n) is 2.56.